The van der Waals surface area contributed by atoms with Crippen LogP contribution >= 0.6 is 0 Å². The van der Waals surface area contributed by atoms with E-state index in [0.717, 1.165) is 12.0 Å². The van der Waals surface area contributed by atoms with Gasteiger partial charge in [0.25, 0.3) is 0 Å². The van der Waals surface area contributed by atoms with E-state index >= 15 is 0 Å². The molecule has 2 nitrogen and oxygen atoms in total. The van der Waals surface area contributed by atoms with Gasteiger partial charge in [0.15, 0.2) is 0 Å². The van der Waals surface area contributed by atoms with Crippen molar-refractivity contribution in [1.82, 2.24) is 10.2 Å². The highest BCUT2D eigenvalue weighted by Crippen LogP contribution is 2.24. The van der Waals surface area contributed by atoms with Crippen molar-refractivity contribution in [1.29, 1.82) is 0 Å². The summed E-state index contributed by atoms with van der Waals surface area (Å²) in [5.41, 5.74) is 0. The molecule has 1 aliphatic carbocycles. The zero-order valence-corrected chi connectivity index (χ0v) is 10.2. The molecular weight excluding hydrogens is 184 g/mol. The Kier molecular flexibility index (Phi) is 4.45. The maximum atomic E-state index is 3.72. The van der Waals surface area contributed by atoms with E-state index in [0.29, 0.717) is 0 Å². The minimum absolute atomic E-state index is 0.824. The van der Waals surface area contributed by atoms with E-state index in [2.05, 4.69) is 17.1 Å². The van der Waals surface area contributed by atoms with Gasteiger partial charge in [0.05, 0.1) is 0 Å². The van der Waals surface area contributed by atoms with Crippen LogP contribution in [0, 0.1) is 5.92 Å². The predicted molar refractivity (Wildman–Crippen MR) is 65.1 cm³/mol. The highest BCUT2D eigenvalue weighted by atomic mass is 15.1. The van der Waals surface area contributed by atoms with Gasteiger partial charge in [0.2, 0.25) is 0 Å². The Bertz CT molecular complexity index is 171. The van der Waals surface area contributed by atoms with E-state index in [1.165, 1.54) is 64.7 Å². The van der Waals surface area contributed by atoms with E-state index in [4.69, 9.17) is 0 Å². The Morgan fingerprint density at radius 1 is 1.13 bits per heavy atom. The summed E-state index contributed by atoms with van der Waals surface area (Å²) in [6.07, 6.45) is 8.52. The second-order valence-electron chi connectivity index (χ2n) is 5.47. The van der Waals surface area contributed by atoms with Crippen LogP contribution in [0.4, 0.5) is 0 Å². The Balaban J connectivity index is 1.54. The third-order valence-electron chi connectivity index (χ3n) is 4.00. The number of nitrogens with zero attached hydrogens (tertiary/aromatic N) is 1. The van der Waals surface area contributed by atoms with E-state index in [-0.39, 0.29) is 0 Å². The van der Waals surface area contributed by atoms with Crippen LogP contribution in [0.1, 0.15) is 45.4 Å². The average Bonchev–Trinajstić information content (AvgIpc) is 2.66. The molecule has 0 radical (unpaired) electrons. The van der Waals surface area contributed by atoms with Crippen molar-refractivity contribution in [3.8, 4) is 0 Å². The monoisotopic (exact) mass is 210 g/mol. The summed E-state index contributed by atoms with van der Waals surface area (Å²) in [4.78, 5) is 2.62. The Hall–Kier alpha value is -0.0800. The largest absolute Gasteiger partial charge is 0.313 e. The number of hydrogen-bond acceptors (Lipinski definition) is 2. The summed E-state index contributed by atoms with van der Waals surface area (Å²) in [6, 6.07) is 0.824. The third kappa shape index (κ3) is 3.76. The normalized spacial score (nSPS) is 33.4. The Morgan fingerprint density at radius 2 is 1.93 bits per heavy atom. The molecule has 0 spiro atoms. The molecule has 2 fully saturated rings. The molecule has 0 bridgehead atoms. The SMILES string of the molecule is CC1CCC(NCCN2CCCCC2)C1. The lowest BCUT2D eigenvalue weighted by Crippen LogP contribution is -2.38. The van der Waals surface area contributed by atoms with Crippen molar-refractivity contribution in [3.05, 3.63) is 0 Å². The highest BCUT2D eigenvalue weighted by Gasteiger charge is 2.20. The van der Waals surface area contributed by atoms with Crippen molar-refractivity contribution < 1.29 is 0 Å². The van der Waals surface area contributed by atoms with Crippen LogP contribution in [0.25, 0.3) is 0 Å². The first kappa shape index (κ1) is 11.4. The number of rotatable bonds is 4. The number of piperidine rings is 1. The summed E-state index contributed by atoms with van der Waals surface area (Å²) in [7, 11) is 0. The molecule has 88 valence electrons. The van der Waals surface area contributed by atoms with Crippen LogP contribution in [0.2, 0.25) is 0 Å². The predicted octanol–water partition coefficient (Wildman–Crippen LogP) is 2.25. The molecule has 15 heavy (non-hydrogen) atoms. The van der Waals surface area contributed by atoms with Gasteiger partial charge in [-0.15, -0.1) is 0 Å². The summed E-state index contributed by atoms with van der Waals surface area (Å²) in [5.74, 6) is 0.956. The van der Waals surface area contributed by atoms with Crippen molar-refractivity contribution in [2.45, 2.75) is 51.5 Å². The molecule has 2 unspecified atom stereocenters. The fourth-order valence-corrected chi connectivity index (χ4v) is 3.00. The van der Waals surface area contributed by atoms with E-state index in [9.17, 15) is 0 Å². The minimum Gasteiger partial charge on any atom is -0.313 e. The lowest BCUT2D eigenvalue weighted by molar-refractivity contribution is 0.226. The van der Waals surface area contributed by atoms with Gasteiger partial charge < -0.3 is 10.2 Å². The average molecular weight is 210 g/mol. The molecular formula is C13H26N2. The van der Waals surface area contributed by atoms with Crippen LogP contribution in [-0.2, 0) is 0 Å². The van der Waals surface area contributed by atoms with Crippen molar-refractivity contribution >= 4 is 0 Å². The number of likely N-dealkylation sites (tertiary alicyclic amines) is 1. The van der Waals surface area contributed by atoms with Gasteiger partial charge >= 0.3 is 0 Å². The first-order valence-electron chi connectivity index (χ1n) is 6.80. The second kappa shape index (κ2) is 5.86. The van der Waals surface area contributed by atoms with Gasteiger partial charge in [-0.1, -0.05) is 13.3 Å². The van der Waals surface area contributed by atoms with Crippen molar-refractivity contribution in [3.63, 3.8) is 0 Å². The molecule has 2 heteroatoms. The Morgan fingerprint density at radius 3 is 2.60 bits per heavy atom. The van der Waals surface area contributed by atoms with Crippen LogP contribution < -0.4 is 5.32 Å². The fourth-order valence-electron chi connectivity index (χ4n) is 3.00. The zero-order valence-electron chi connectivity index (χ0n) is 10.2. The van der Waals surface area contributed by atoms with E-state index < -0.39 is 0 Å². The van der Waals surface area contributed by atoms with Crippen LogP contribution in [0.15, 0.2) is 0 Å². The molecule has 0 aromatic heterocycles. The first-order chi connectivity index (χ1) is 7.34. The Labute approximate surface area is 94.4 Å². The smallest absolute Gasteiger partial charge is 0.0107 e. The number of nitrogens with one attached hydrogen (secondary N) is 1. The molecule has 2 atom stereocenters. The van der Waals surface area contributed by atoms with Crippen LogP contribution in [0.5, 0.6) is 0 Å². The lowest BCUT2D eigenvalue weighted by Gasteiger charge is -2.27. The molecule has 1 saturated carbocycles. The summed E-state index contributed by atoms with van der Waals surface area (Å²) >= 11 is 0. The van der Waals surface area contributed by atoms with Gasteiger partial charge in [-0.2, -0.15) is 0 Å². The van der Waals surface area contributed by atoms with Crippen LogP contribution in [-0.4, -0.2) is 37.1 Å². The molecule has 0 amide bonds. The summed E-state index contributed by atoms with van der Waals surface area (Å²) < 4.78 is 0. The van der Waals surface area contributed by atoms with E-state index in [1.54, 1.807) is 0 Å². The standard InChI is InChI=1S/C13H26N2/c1-12-5-6-13(11-12)14-7-10-15-8-3-2-4-9-15/h12-14H,2-11H2,1H3. The molecule has 1 N–H and O–H groups in total. The molecule has 1 saturated heterocycles. The van der Waals surface area contributed by atoms with Gasteiger partial charge in [0.1, 0.15) is 0 Å². The molecule has 2 rings (SSSR count). The van der Waals surface area contributed by atoms with Gasteiger partial charge in [-0.05, 0) is 51.1 Å². The number of hydrogen-bond donors (Lipinski definition) is 1. The molecule has 0 aromatic rings. The zero-order chi connectivity index (χ0) is 10.5. The quantitative estimate of drug-likeness (QED) is 0.765. The summed E-state index contributed by atoms with van der Waals surface area (Å²) in [5, 5.41) is 3.72. The van der Waals surface area contributed by atoms with Crippen molar-refractivity contribution in [2.75, 3.05) is 26.2 Å². The maximum Gasteiger partial charge on any atom is 0.0107 e. The molecule has 2 aliphatic rings. The lowest BCUT2D eigenvalue weighted by atomic mass is 10.1. The maximum absolute atomic E-state index is 3.72. The third-order valence-corrected chi connectivity index (χ3v) is 4.00. The van der Waals surface area contributed by atoms with E-state index in [1.807, 2.05) is 0 Å². The second-order valence-corrected chi connectivity index (χ2v) is 5.47. The van der Waals surface area contributed by atoms with Crippen LogP contribution in [0.3, 0.4) is 0 Å². The fraction of sp³-hybridized carbons (Fsp3) is 1.00. The minimum atomic E-state index is 0.824. The molecule has 1 heterocycles. The van der Waals surface area contributed by atoms with Crippen molar-refractivity contribution in [2.24, 2.45) is 5.92 Å². The summed E-state index contributed by atoms with van der Waals surface area (Å²) in [6.45, 7) is 7.53. The van der Waals surface area contributed by atoms with Gasteiger partial charge in [-0.3, -0.25) is 0 Å². The van der Waals surface area contributed by atoms with Gasteiger partial charge in [-0.25, -0.2) is 0 Å². The first-order valence-corrected chi connectivity index (χ1v) is 6.80. The van der Waals surface area contributed by atoms with Gasteiger partial charge in [0, 0.05) is 19.1 Å². The molecule has 0 aromatic carbocycles. The molecule has 1 aliphatic heterocycles. The topological polar surface area (TPSA) is 15.3 Å². The highest BCUT2D eigenvalue weighted by molar-refractivity contribution is 4.78.